The van der Waals surface area contributed by atoms with Crippen LogP contribution >= 0.6 is 11.3 Å². The number of nitrogens with zero attached hydrogens (tertiary/aromatic N) is 1. The van der Waals surface area contributed by atoms with Crippen molar-refractivity contribution >= 4 is 27.3 Å². The number of aromatic nitrogens is 1. The van der Waals surface area contributed by atoms with Gasteiger partial charge in [0.2, 0.25) is 5.89 Å². The highest BCUT2D eigenvalue weighted by Crippen LogP contribution is 2.26. The zero-order valence-corrected chi connectivity index (χ0v) is 13.0. The van der Waals surface area contributed by atoms with Crippen molar-refractivity contribution < 1.29 is 22.7 Å². The Kier molecular flexibility index (Phi) is 4.45. The van der Waals surface area contributed by atoms with E-state index >= 15 is 0 Å². The Morgan fingerprint density at radius 3 is 2.76 bits per heavy atom. The number of carboxylic acid groups (broad SMARTS) is 1. The number of carboxylic acids is 1. The number of oxazole rings is 1. The van der Waals surface area contributed by atoms with E-state index in [-0.39, 0.29) is 21.5 Å². The topological polar surface area (TPSA) is 110 Å². The van der Waals surface area contributed by atoms with Crippen LogP contribution in [0.4, 0.5) is 0 Å². The van der Waals surface area contributed by atoms with Crippen LogP contribution in [-0.2, 0) is 23.0 Å². The molecule has 0 aliphatic carbocycles. The van der Waals surface area contributed by atoms with Gasteiger partial charge in [0, 0.05) is 6.42 Å². The smallest absolute Gasteiger partial charge is 0.346 e. The molecule has 21 heavy (non-hydrogen) atoms. The molecule has 0 aliphatic rings. The maximum atomic E-state index is 12.1. The maximum absolute atomic E-state index is 12.1. The predicted octanol–water partition coefficient (Wildman–Crippen LogP) is 1.78. The van der Waals surface area contributed by atoms with E-state index in [0.717, 1.165) is 11.3 Å². The van der Waals surface area contributed by atoms with Gasteiger partial charge in [0.25, 0.3) is 10.0 Å². The normalized spacial score (nSPS) is 11.7. The van der Waals surface area contributed by atoms with Gasteiger partial charge in [-0.3, -0.25) is 0 Å². The number of thiophene rings is 1. The Hall–Kier alpha value is -1.71. The number of nitrogens with one attached hydrogen (secondary N) is 1. The molecule has 2 aromatic rings. The number of carbonyl (C=O) groups is 1. The summed E-state index contributed by atoms with van der Waals surface area (Å²) in [7, 11) is -3.79. The summed E-state index contributed by atoms with van der Waals surface area (Å²) in [6.07, 6.45) is 2.22. The summed E-state index contributed by atoms with van der Waals surface area (Å²) in [5.74, 6) is -0.203. The second-order valence-electron chi connectivity index (χ2n) is 4.28. The van der Waals surface area contributed by atoms with Crippen LogP contribution in [0.5, 0.6) is 0 Å². The standard InChI is InChI=1S/C12H14N2O5S2/c1-3-8-5-13-9(19-8)6-14-21(17,18)10-4-7(2)11(20-10)12(15)16/h4-5,14H,3,6H2,1-2H3,(H,15,16). The minimum Gasteiger partial charge on any atom is -0.477 e. The van der Waals surface area contributed by atoms with Crippen LogP contribution in [0.15, 0.2) is 20.9 Å². The second-order valence-corrected chi connectivity index (χ2v) is 7.33. The van der Waals surface area contributed by atoms with Gasteiger partial charge in [-0.05, 0) is 18.6 Å². The Balaban J connectivity index is 2.14. The first-order valence-corrected chi connectivity index (χ1v) is 8.40. The molecule has 0 amide bonds. The molecule has 0 spiro atoms. The molecule has 7 nitrogen and oxygen atoms in total. The van der Waals surface area contributed by atoms with Crippen molar-refractivity contribution in [3.8, 4) is 0 Å². The molecule has 0 bridgehead atoms. The number of hydrogen-bond acceptors (Lipinski definition) is 6. The van der Waals surface area contributed by atoms with Crippen LogP contribution in [0.25, 0.3) is 0 Å². The third kappa shape index (κ3) is 3.49. The van der Waals surface area contributed by atoms with Gasteiger partial charge >= 0.3 is 5.97 Å². The molecule has 2 aromatic heterocycles. The third-order valence-electron chi connectivity index (χ3n) is 2.72. The highest BCUT2D eigenvalue weighted by molar-refractivity contribution is 7.91. The van der Waals surface area contributed by atoms with E-state index < -0.39 is 16.0 Å². The van der Waals surface area contributed by atoms with Crippen LogP contribution in [-0.4, -0.2) is 24.5 Å². The first kappa shape index (κ1) is 15.7. The van der Waals surface area contributed by atoms with E-state index in [9.17, 15) is 13.2 Å². The highest BCUT2D eigenvalue weighted by atomic mass is 32.2. The first-order valence-electron chi connectivity index (χ1n) is 6.10. The van der Waals surface area contributed by atoms with Crippen molar-refractivity contribution in [1.82, 2.24) is 9.71 Å². The van der Waals surface area contributed by atoms with E-state index in [0.29, 0.717) is 17.7 Å². The van der Waals surface area contributed by atoms with Gasteiger partial charge in [-0.15, -0.1) is 11.3 Å². The summed E-state index contributed by atoms with van der Waals surface area (Å²) in [5.41, 5.74) is 0.414. The molecule has 2 heterocycles. The monoisotopic (exact) mass is 330 g/mol. The van der Waals surface area contributed by atoms with E-state index in [1.807, 2.05) is 6.92 Å². The number of aromatic carboxylic acids is 1. The highest BCUT2D eigenvalue weighted by Gasteiger charge is 2.22. The van der Waals surface area contributed by atoms with E-state index in [1.54, 1.807) is 13.1 Å². The maximum Gasteiger partial charge on any atom is 0.346 e. The molecule has 0 saturated heterocycles. The van der Waals surface area contributed by atoms with Crippen molar-refractivity contribution in [2.75, 3.05) is 0 Å². The zero-order valence-electron chi connectivity index (χ0n) is 11.4. The predicted molar refractivity (Wildman–Crippen MR) is 75.9 cm³/mol. The van der Waals surface area contributed by atoms with E-state index in [2.05, 4.69) is 9.71 Å². The largest absolute Gasteiger partial charge is 0.477 e. The summed E-state index contributed by atoms with van der Waals surface area (Å²) < 4.78 is 31.8. The molecule has 0 radical (unpaired) electrons. The lowest BCUT2D eigenvalue weighted by Crippen LogP contribution is -2.22. The molecule has 0 aromatic carbocycles. The van der Waals surface area contributed by atoms with Gasteiger partial charge < -0.3 is 9.52 Å². The summed E-state index contributed by atoms with van der Waals surface area (Å²) in [5, 5.41) is 8.95. The van der Waals surface area contributed by atoms with Gasteiger partial charge in [-0.25, -0.2) is 22.9 Å². The minimum absolute atomic E-state index is 0.0137. The van der Waals surface area contributed by atoms with Gasteiger partial charge in [0.1, 0.15) is 14.8 Å². The number of hydrogen-bond donors (Lipinski definition) is 2. The Morgan fingerprint density at radius 1 is 1.52 bits per heavy atom. The van der Waals surface area contributed by atoms with Crippen LogP contribution in [0.3, 0.4) is 0 Å². The molecule has 2 rings (SSSR count). The molecule has 0 aliphatic heterocycles. The van der Waals surface area contributed by atoms with Gasteiger partial charge in [-0.2, -0.15) is 0 Å². The summed E-state index contributed by atoms with van der Waals surface area (Å²) in [6, 6.07) is 1.34. The Bertz CT molecular complexity index is 760. The quantitative estimate of drug-likeness (QED) is 0.835. The van der Waals surface area contributed by atoms with Crippen LogP contribution in [0, 0.1) is 6.92 Å². The van der Waals surface area contributed by atoms with Crippen LogP contribution in [0.1, 0.15) is 33.8 Å². The summed E-state index contributed by atoms with van der Waals surface area (Å²) >= 11 is 0.718. The fourth-order valence-corrected chi connectivity index (χ4v) is 4.02. The second kappa shape index (κ2) is 5.96. The zero-order chi connectivity index (χ0) is 15.6. The Morgan fingerprint density at radius 2 is 2.24 bits per heavy atom. The summed E-state index contributed by atoms with van der Waals surface area (Å²) in [4.78, 5) is 14.9. The molecule has 0 fully saturated rings. The van der Waals surface area contributed by atoms with Gasteiger partial charge in [-0.1, -0.05) is 6.92 Å². The van der Waals surface area contributed by atoms with Crippen molar-refractivity contribution in [3.63, 3.8) is 0 Å². The molecular weight excluding hydrogens is 316 g/mol. The summed E-state index contributed by atoms with van der Waals surface area (Å²) in [6.45, 7) is 3.37. The van der Waals surface area contributed by atoms with Crippen LogP contribution < -0.4 is 4.72 Å². The first-order chi connectivity index (χ1) is 9.83. The molecule has 114 valence electrons. The number of rotatable bonds is 6. The SMILES string of the molecule is CCc1cnc(CNS(=O)(=O)c2cc(C)c(C(=O)O)s2)o1. The fourth-order valence-electron chi connectivity index (χ4n) is 1.62. The minimum atomic E-state index is -3.79. The lowest BCUT2D eigenvalue weighted by atomic mass is 10.3. The van der Waals surface area contributed by atoms with E-state index in [1.165, 1.54) is 6.07 Å². The molecular formula is C12H14N2O5S2. The fraction of sp³-hybridized carbons (Fsp3) is 0.333. The van der Waals surface area contributed by atoms with Crippen molar-refractivity contribution in [3.05, 3.63) is 34.4 Å². The third-order valence-corrected chi connectivity index (χ3v) is 5.82. The van der Waals surface area contributed by atoms with Gasteiger partial charge in [0.05, 0.1) is 12.7 Å². The lowest BCUT2D eigenvalue weighted by molar-refractivity contribution is 0.0701. The molecule has 2 N–H and O–H groups in total. The number of sulfonamides is 1. The van der Waals surface area contributed by atoms with E-state index in [4.69, 9.17) is 9.52 Å². The van der Waals surface area contributed by atoms with Crippen molar-refractivity contribution in [1.29, 1.82) is 0 Å². The lowest BCUT2D eigenvalue weighted by Gasteiger charge is -2.01. The van der Waals surface area contributed by atoms with Crippen molar-refractivity contribution in [2.45, 2.75) is 31.0 Å². The molecule has 0 unspecified atom stereocenters. The van der Waals surface area contributed by atoms with Gasteiger partial charge in [0.15, 0.2) is 0 Å². The molecule has 0 saturated carbocycles. The average Bonchev–Trinajstić information content (AvgIpc) is 3.02. The number of aryl methyl sites for hydroxylation is 2. The van der Waals surface area contributed by atoms with Crippen molar-refractivity contribution in [2.24, 2.45) is 0 Å². The van der Waals surface area contributed by atoms with Crippen LogP contribution in [0.2, 0.25) is 0 Å². The Labute approximate surface area is 125 Å². The average molecular weight is 330 g/mol. The molecule has 9 heteroatoms. The molecule has 0 atom stereocenters.